The number of benzene rings is 1. The van der Waals surface area contributed by atoms with Crippen molar-refractivity contribution in [1.29, 1.82) is 0 Å². The Kier molecular flexibility index (Phi) is 5.67. The Morgan fingerprint density at radius 3 is 2.61 bits per heavy atom. The van der Waals surface area contributed by atoms with Crippen LogP contribution in [0.5, 0.6) is 0 Å². The predicted molar refractivity (Wildman–Crippen MR) is 114 cm³/mol. The van der Waals surface area contributed by atoms with Gasteiger partial charge >= 0.3 is 0 Å². The Bertz CT molecular complexity index is 917. The number of carbonyl (C=O) groups is 1. The summed E-state index contributed by atoms with van der Waals surface area (Å²) in [5, 5.41) is 2.68. The van der Waals surface area contributed by atoms with Crippen LogP contribution in [0.3, 0.4) is 0 Å². The first-order valence-corrected chi connectivity index (χ1v) is 10.6. The first-order chi connectivity index (χ1) is 13.7. The van der Waals surface area contributed by atoms with Gasteiger partial charge in [-0.05, 0) is 37.5 Å². The van der Waals surface area contributed by atoms with E-state index >= 15 is 0 Å². The molecule has 2 aromatic heterocycles. The maximum absolute atomic E-state index is 12.9. The summed E-state index contributed by atoms with van der Waals surface area (Å²) in [6.07, 6.45) is 4.33. The molecule has 6 heteroatoms. The maximum Gasteiger partial charge on any atom is 0.273 e. The van der Waals surface area contributed by atoms with Crippen LogP contribution < -0.4 is 4.90 Å². The molecule has 0 saturated carbocycles. The smallest absolute Gasteiger partial charge is 0.273 e. The van der Waals surface area contributed by atoms with Gasteiger partial charge < -0.3 is 9.80 Å². The van der Waals surface area contributed by atoms with Gasteiger partial charge in [0.15, 0.2) is 0 Å². The van der Waals surface area contributed by atoms with Crippen molar-refractivity contribution in [3.8, 4) is 10.6 Å². The summed E-state index contributed by atoms with van der Waals surface area (Å²) in [7, 11) is 0. The fraction of sp³-hybridized carbons (Fsp3) is 0.318. The van der Waals surface area contributed by atoms with Crippen molar-refractivity contribution >= 4 is 23.1 Å². The molecule has 1 amide bonds. The third-order valence-corrected chi connectivity index (χ3v) is 5.92. The lowest BCUT2D eigenvalue weighted by molar-refractivity contribution is 0.0747. The van der Waals surface area contributed by atoms with Crippen molar-refractivity contribution in [3.63, 3.8) is 0 Å². The van der Waals surface area contributed by atoms with E-state index < -0.39 is 0 Å². The van der Waals surface area contributed by atoms with E-state index in [0.717, 1.165) is 35.0 Å². The number of hydrogen-bond donors (Lipinski definition) is 0. The van der Waals surface area contributed by atoms with Gasteiger partial charge in [0.05, 0.1) is 0 Å². The van der Waals surface area contributed by atoms with Crippen molar-refractivity contribution in [1.82, 2.24) is 14.9 Å². The van der Waals surface area contributed by atoms with E-state index in [4.69, 9.17) is 0 Å². The van der Waals surface area contributed by atoms with Crippen molar-refractivity contribution in [2.24, 2.45) is 0 Å². The van der Waals surface area contributed by atoms with Crippen molar-refractivity contribution in [2.45, 2.75) is 26.3 Å². The third-order valence-electron chi connectivity index (χ3n) is 5.03. The van der Waals surface area contributed by atoms with Crippen LogP contribution in [0.1, 0.15) is 35.8 Å². The summed E-state index contributed by atoms with van der Waals surface area (Å²) in [4.78, 5) is 26.2. The van der Waals surface area contributed by atoms with Crippen molar-refractivity contribution < 1.29 is 4.79 Å². The van der Waals surface area contributed by atoms with Crippen LogP contribution in [0.4, 0.5) is 5.82 Å². The minimum absolute atomic E-state index is 0.0319. The number of thiazole rings is 1. The highest BCUT2D eigenvalue weighted by molar-refractivity contribution is 7.13. The number of hydrogen-bond acceptors (Lipinski definition) is 5. The minimum Gasteiger partial charge on any atom is -0.357 e. The molecule has 1 saturated heterocycles. The van der Waals surface area contributed by atoms with Gasteiger partial charge in [-0.1, -0.05) is 30.3 Å². The molecule has 3 heterocycles. The zero-order valence-corrected chi connectivity index (χ0v) is 16.9. The second-order valence-corrected chi connectivity index (χ2v) is 7.80. The summed E-state index contributed by atoms with van der Waals surface area (Å²) in [6, 6.07) is 14.1. The molecule has 1 aliphatic heterocycles. The van der Waals surface area contributed by atoms with Gasteiger partial charge in [-0.25, -0.2) is 9.97 Å². The molecule has 5 nitrogen and oxygen atoms in total. The van der Waals surface area contributed by atoms with E-state index in [0.29, 0.717) is 18.8 Å². The predicted octanol–water partition coefficient (Wildman–Crippen LogP) is 4.47. The van der Waals surface area contributed by atoms with Crippen LogP contribution in [0.25, 0.3) is 10.6 Å². The number of amides is 1. The van der Waals surface area contributed by atoms with Gasteiger partial charge in [-0.15, -0.1) is 11.3 Å². The van der Waals surface area contributed by atoms with E-state index in [-0.39, 0.29) is 5.91 Å². The Hall–Kier alpha value is -2.73. The average molecular weight is 393 g/mol. The summed E-state index contributed by atoms with van der Waals surface area (Å²) in [5.74, 6) is 0.990. The summed E-state index contributed by atoms with van der Waals surface area (Å²) in [5.41, 5.74) is 2.58. The molecule has 3 aromatic rings. The molecule has 0 bridgehead atoms. The van der Waals surface area contributed by atoms with Crippen LogP contribution in [-0.4, -0.2) is 40.4 Å². The summed E-state index contributed by atoms with van der Waals surface area (Å²) in [6.45, 7) is 5.39. The lowest BCUT2D eigenvalue weighted by Crippen LogP contribution is -2.30. The highest BCUT2D eigenvalue weighted by Gasteiger charge is 2.19. The Labute approximate surface area is 169 Å². The number of nitrogens with zero attached hydrogens (tertiary/aromatic N) is 4. The molecule has 0 atom stereocenters. The normalized spacial score (nSPS) is 13.7. The van der Waals surface area contributed by atoms with Crippen LogP contribution in [0.15, 0.2) is 54.0 Å². The maximum atomic E-state index is 12.9. The Balaban J connectivity index is 1.47. The van der Waals surface area contributed by atoms with Gasteiger partial charge in [0.1, 0.15) is 16.5 Å². The van der Waals surface area contributed by atoms with Gasteiger partial charge in [0.2, 0.25) is 0 Å². The lowest BCUT2D eigenvalue weighted by Gasteiger charge is -2.19. The summed E-state index contributed by atoms with van der Waals surface area (Å²) < 4.78 is 0. The molecular weight excluding hydrogens is 368 g/mol. The zero-order chi connectivity index (χ0) is 19.3. The quantitative estimate of drug-likeness (QED) is 0.621. The first-order valence-electron chi connectivity index (χ1n) is 9.74. The molecule has 28 heavy (non-hydrogen) atoms. The van der Waals surface area contributed by atoms with E-state index in [1.54, 1.807) is 0 Å². The van der Waals surface area contributed by atoms with E-state index in [1.807, 2.05) is 53.7 Å². The van der Waals surface area contributed by atoms with E-state index in [9.17, 15) is 4.79 Å². The van der Waals surface area contributed by atoms with Gasteiger partial charge in [-0.3, -0.25) is 4.79 Å². The Morgan fingerprint density at radius 1 is 1.14 bits per heavy atom. The number of carbonyl (C=O) groups excluding carboxylic acids is 1. The fourth-order valence-corrected chi connectivity index (χ4v) is 4.23. The van der Waals surface area contributed by atoms with Crippen LogP contribution in [0.2, 0.25) is 0 Å². The van der Waals surface area contributed by atoms with Crippen LogP contribution in [0, 0.1) is 0 Å². The molecule has 1 fully saturated rings. The molecule has 4 rings (SSSR count). The topological polar surface area (TPSA) is 49.3 Å². The third kappa shape index (κ3) is 4.07. The number of pyridine rings is 1. The molecule has 0 aliphatic carbocycles. The summed E-state index contributed by atoms with van der Waals surface area (Å²) >= 11 is 1.49. The minimum atomic E-state index is -0.0319. The van der Waals surface area contributed by atoms with Crippen LogP contribution >= 0.6 is 11.3 Å². The van der Waals surface area contributed by atoms with Gasteiger partial charge in [0.25, 0.3) is 5.91 Å². The molecule has 0 N–H and O–H groups in total. The average Bonchev–Trinajstić information content (AvgIpc) is 3.45. The molecule has 0 spiro atoms. The van der Waals surface area contributed by atoms with Gasteiger partial charge in [0, 0.05) is 43.3 Å². The zero-order valence-electron chi connectivity index (χ0n) is 16.0. The van der Waals surface area contributed by atoms with E-state index in [2.05, 4.69) is 27.0 Å². The SMILES string of the molecule is CCN(Cc1ccccc1)C(=O)c1csc(-c2ccc(N3CCCC3)nc2)n1. The lowest BCUT2D eigenvalue weighted by atomic mass is 10.2. The van der Waals surface area contributed by atoms with Gasteiger partial charge in [-0.2, -0.15) is 0 Å². The fourth-order valence-electron chi connectivity index (χ4n) is 3.44. The standard InChI is InChI=1S/C22H24N4OS/c1-2-25(15-17-8-4-3-5-9-17)22(27)19-16-28-21(24-19)18-10-11-20(23-14-18)26-12-6-7-13-26/h3-5,8-11,14,16H,2,6-7,12-13,15H2,1H3. The molecular formula is C22H24N4OS. The van der Waals surface area contributed by atoms with E-state index in [1.165, 1.54) is 24.2 Å². The number of aromatic nitrogens is 2. The first kappa shape index (κ1) is 18.6. The monoisotopic (exact) mass is 392 g/mol. The molecule has 1 aromatic carbocycles. The van der Waals surface area contributed by atoms with Crippen molar-refractivity contribution in [3.05, 3.63) is 65.3 Å². The number of anilines is 1. The molecule has 0 radical (unpaired) electrons. The number of rotatable bonds is 6. The van der Waals surface area contributed by atoms with Crippen LogP contribution in [-0.2, 0) is 6.54 Å². The molecule has 1 aliphatic rings. The highest BCUT2D eigenvalue weighted by Crippen LogP contribution is 2.26. The second kappa shape index (κ2) is 8.52. The highest BCUT2D eigenvalue weighted by atomic mass is 32.1. The molecule has 144 valence electrons. The second-order valence-electron chi connectivity index (χ2n) is 6.94. The Morgan fingerprint density at radius 2 is 1.93 bits per heavy atom. The van der Waals surface area contributed by atoms with Crippen molar-refractivity contribution in [2.75, 3.05) is 24.5 Å². The molecule has 0 unspecified atom stereocenters. The largest absolute Gasteiger partial charge is 0.357 e.